The largest absolute Gasteiger partial charge is 0.328 e. The van der Waals surface area contributed by atoms with Crippen molar-refractivity contribution in [1.29, 1.82) is 0 Å². The van der Waals surface area contributed by atoms with Gasteiger partial charge in [-0.15, -0.1) is 0 Å². The monoisotopic (exact) mass is 217 g/mol. The summed E-state index contributed by atoms with van der Waals surface area (Å²) in [6.45, 7) is 2.26. The summed E-state index contributed by atoms with van der Waals surface area (Å²) in [5.41, 5.74) is 9.13. The van der Waals surface area contributed by atoms with Gasteiger partial charge in [-0.05, 0) is 49.1 Å². The van der Waals surface area contributed by atoms with Crippen molar-refractivity contribution in [1.82, 2.24) is 0 Å². The molecule has 0 aromatic heterocycles. The van der Waals surface area contributed by atoms with E-state index in [4.69, 9.17) is 5.73 Å². The summed E-state index contributed by atoms with van der Waals surface area (Å²) in [7, 11) is 0. The second-order valence-corrected chi connectivity index (χ2v) is 5.06. The molecule has 88 valence electrons. The molecule has 0 heterocycles. The second kappa shape index (κ2) is 5.49. The standard InChI is InChI=1S/C15H23N/c1-2-5-12-6-3-4-7-15(12)13-8-10-14(16)11-9-13/h3-4,6-7,13-14H,2,5,8-11,16H2,1H3. The first-order chi connectivity index (χ1) is 7.81. The highest BCUT2D eigenvalue weighted by Crippen LogP contribution is 2.34. The van der Waals surface area contributed by atoms with Crippen LogP contribution in [0, 0.1) is 0 Å². The first-order valence-corrected chi connectivity index (χ1v) is 6.64. The molecule has 0 radical (unpaired) electrons. The summed E-state index contributed by atoms with van der Waals surface area (Å²) >= 11 is 0. The summed E-state index contributed by atoms with van der Waals surface area (Å²) < 4.78 is 0. The lowest BCUT2D eigenvalue weighted by atomic mass is 9.80. The van der Waals surface area contributed by atoms with E-state index in [1.54, 1.807) is 11.1 Å². The van der Waals surface area contributed by atoms with Crippen LogP contribution in [0.15, 0.2) is 24.3 Å². The van der Waals surface area contributed by atoms with E-state index >= 15 is 0 Å². The lowest BCUT2D eigenvalue weighted by molar-refractivity contribution is 0.394. The predicted octanol–water partition coefficient (Wildman–Crippen LogP) is 3.62. The molecule has 1 aromatic rings. The van der Waals surface area contributed by atoms with Crippen LogP contribution in [0.3, 0.4) is 0 Å². The van der Waals surface area contributed by atoms with Crippen molar-refractivity contribution in [3.05, 3.63) is 35.4 Å². The van der Waals surface area contributed by atoms with Crippen LogP contribution < -0.4 is 5.73 Å². The molecule has 1 saturated carbocycles. The summed E-state index contributed by atoms with van der Waals surface area (Å²) in [5.74, 6) is 0.766. The lowest BCUT2D eigenvalue weighted by Gasteiger charge is -2.28. The van der Waals surface area contributed by atoms with Gasteiger partial charge in [-0.25, -0.2) is 0 Å². The fourth-order valence-electron chi connectivity index (χ4n) is 2.86. The summed E-state index contributed by atoms with van der Waals surface area (Å²) in [5, 5.41) is 0. The molecule has 1 aromatic carbocycles. The van der Waals surface area contributed by atoms with E-state index in [9.17, 15) is 0 Å². The van der Waals surface area contributed by atoms with Gasteiger partial charge >= 0.3 is 0 Å². The third-order valence-corrected chi connectivity index (χ3v) is 3.79. The first kappa shape index (κ1) is 11.7. The normalized spacial score (nSPS) is 25.6. The lowest BCUT2D eigenvalue weighted by Crippen LogP contribution is -2.26. The Morgan fingerprint density at radius 3 is 2.50 bits per heavy atom. The van der Waals surface area contributed by atoms with Crippen molar-refractivity contribution in [3.63, 3.8) is 0 Å². The molecule has 0 saturated heterocycles. The van der Waals surface area contributed by atoms with E-state index in [-0.39, 0.29) is 0 Å². The zero-order valence-electron chi connectivity index (χ0n) is 10.3. The molecule has 2 N–H and O–H groups in total. The zero-order chi connectivity index (χ0) is 11.4. The number of rotatable bonds is 3. The highest BCUT2D eigenvalue weighted by atomic mass is 14.6. The Hall–Kier alpha value is -0.820. The molecular formula is C15H23N. The van der Waals surface area contributed by atoms with Crippen LogP contribution in [0.2, 0.25) is 0 Å². The molecule has 0 unspecified atom stereocenters. The maximum atomic E-state index is 5.97. The van der Waals surface area contributed by atoms with E-state index in [2.05, 4.69) is 31.2 Å². The summed E-state index contributed by atoms with van der Waals surface area (Å²) in [6.07, 6.45) is 7.42. The Morgan fingerprint density at radius 2 is 1.81 bits per heavy atom. The summed E-state index contributed by atoms with van der Waals surface area (Å²) in [4.78, 5) is 0. The Morgan fingerprint density at radius 1 is 1.12 bits per heavy atom. The van der Waals surface area contributed by atoms with Gasteiger partial charge in [0.2, 0.25) is 0 Å². The maximum absolute atomic E-state index is 5.97. The topological polar surface area (TPSA) is 26.0 Å². The van der Waals surface area contributed by atoms with Gasteiger partial charge in [0, 0.05) is 6.04 Å². The molecule has 1 fully saturated rings. The molecule has 0 bridgehead atoms. The number of aryl methyl sites for hydroxylation is 1. The Labute approximate surface area is 99.0 Å². The number of hydrogen-bond donors (Lipinski definition) is 1. The van der Waals surface area contributed by atoms with Crippen LogP contribution >= 0.6 is 0 Å². The molecule has 1 nitrogen and oxygen atoms in total. The SMILES string of the molecule is CCCc1ccccc1C1CCC(N)CC1. The second-order valence-electron chi connectivity index (χ2n) is 5.06. The van der Waals surface area contributed by atoms with E-state index < -0.39 is 0 Å². The molecule has 16 heavy (non-hydrogen) atoms. The minimum atomic E-state index is 0.453. The summed E-state index contributed by atoms with van der Waals surface area (Å²) in [6, 6.07) is 9.43. The fourth-order valence-corrected chi connectivity index (χ4v) is 2.86. The van der Waals surface area contributed by atoms with E-state index in [1.165, 1.54) is 38.5 Å². The molecule has 1 heteroatoms. The van der Waals surface area contributed by atoms with Gasteiger partial charge in [0.25, 0.3) is 0 Å². The van der Waals surface area contributed by atoms with Gasteiger partial charge in [-0.1, -0.05) is 37.6 Å². The Balaban J connectivity index is 2.13. The highest BCUT2D eigenvalue weighted by Gasteiger charge is 2.21. The molecule has 2 rings (SSSR count). The predicted molar refractivity (Wildman–Crippen MR) is 69.6 cm³/mol. The molecule has 0 atom stereocenters. The minimum absolute atomic E-state index is 0.453. The molecule has 1 aliphatic carbocycles. The van der Waals surface area contributed by atoms with Crippen LogP contribution in [0.1, 0.15) is 56.1 Å². The van der Waals surface area contributed by atoms with Crippen LogP contribution in [-0.4, -0.2) is 6.04 Å². The number of nitrogens with two attached hydrogens (primary N) is 1. The zero-order valence-corrected chi connectivity index (χ0v) is 10.3. The first-order valence-electron chi connectivity index (χ1n) is 6.64. The van der Waals surface area contributed by atoms with Gasteiger partial charge < -0.3 is 5.73 Å². The Kier molecular flexibility index (Phi) is 4.00. The molecular weight excluding hydrogens is 194 g/mol. The van der Waals surface area contributed by atoms with Crippen LogP contribution in [-0.2, 0) is 6.42 Å². The Bertz CT molecular complexity index is 324. The average molecular weight is 217 g/mol. The van der Waals surface area contributed by atoms with Gasteiger partial charge in [-0.3, -0.25) is 0 Å². The van der Waals surface area contributed by atoms with Gasteiger partial charge in [0.05, 0.1) is 0 Å². The van der Waals surface area contributed by atoms with Crippen molar-refractivity contribution < 1.29 is 0 Å². The fraction of sp³-hybridized carbons (Fsp3) is 0.600. The molecule has 0 spiro atoms. The van der Waals surface area contributed by atoms with Crippen molar-refractivity contribution in [3.8, 4) is 0 Å². The quantitative estimate of drug-likeness (QED) is 0.822. The van der Waals surface area contributed by atoms with E-state index in [0.29, 0.717) is 6.04 Å². The number of hydrogen-bond acceptors (Lipinski definition) is 1. The van der Waals surface area contributed by atoms with Crippen molar-refractivity contribution in [2.45, 2.75) is 57.4 Å². The molecule has 1 aliphatic rings. The van der Waals surface area contributed by atoms with E-state index in [1.807, 2.05) is 0 Å². The third-order valence-electron chi connectivity index (χ3n) is 3.79. The molecule has 0 amide bonds. The van der Waals surface area contributed by atoms with Crippen molar-refractivity contribution in [2.75, 3.05) is 0 Å². The third kappa shape index (κ3) is 2.65. The van der Waals surface area contributed by atoms with Gasteiger partial charge in [0.15, 0.2) is 0 Å². The average Bonchev–Trinajstić information content (AvgIpc) is 2.32. The minimum Gasteiger partial charge on any atom is -0.328 e. The molecule has 0 aliphatic heterocycles. The smallest absolute Gasteiger partial charge is 0.00392 e. The van der Waals surface area contributed by atoms with E-state index in [0.717, 1.165) is 5.92 Å². The van der Waals surface area contributed by atoms with Crippen molar-refractivity contribution >= 4 is 0 Å². The maximum Gasteiger partial charge on any atom is 0.00392 e. The number of benzene rings is 1. The van der Waals surface area contributed by atoms with Crippen molar-refractivity contribution in [2.24, 2.45) is 5.73 Å². The van der Waals surface area contributed by atoms with Gasteiger partial charge in [0.1, 0.15) is 0 Å². The van der Waals surface area contributed by atoms with Crippen LogP contribution in [0.4, 0.5) is 0 Å². The highest BCUT2D eigenvalue weighted by molar-refractivity contribution is 5.31. The van der Waals surface area contributed by atoms with Crippen LogP contribution in [0.5, 0.6) is 0 Å². The van der Waals surface area contributed by atoms with Crippen LogP contribution in [0.25, 0.3) is 0 Å². The van der Waals surface area contributed by atoms with Gasteiger partial charge in [-0.2, -0.15) is 0 Å².